The van der Waals surface area contributed by atoms with Crippen molar-refractivity contribution in [2.24, 2.45) is 0 Å². The summed E-state index contributed by atoms with van der Waals surface area (Å²) < 4.78 is 5.10. The number of carboxylic acid groups (broad SMARTS) is 1. The lowest BCUT2D eigenvalue weighted by atomic mass is 10.1. The first-order chi connectivity index (χ1) is 5.24. The summed E-state index contributed by atoms with van der Waals surface area (Å²) >= 11 is 0. The van der Waals surface area contributed by atoms with Crippen LogP contribution in [0.15, 0.2) is 0 Å². The largest absolute Gasteiger partial charge is 0.480 e. The standard InChI is InChI=1S/C7H13NO3/c1-2-5-3-11-4-6(8-5)7(9)10/h5-6,8H,2-4H2,1H3,(H,9,10). The monoisotopic (exact) mass is 159 g/mol. The molecular formula is C7H13NO3. The van der Waals surface area contributed by atoms with E-state index in [1.54, 1.807) is 0 Å². The Kier molecular flexibility index (Phi) is 2.84. The Morgan fingerprint density at radius 1 is 1.73 bits per heavy atom. The van der Waals surface area contributed by atoms with E-state index >= 15 is 0 Å². The van der Waals surface area contributed by atoms with E-state index in [0.717, 1.165) is 6.42 Å². The number of rotatable bonds is 2. The molecule has 0 aromatic carbocycles. The third kappa shape index (κ3) is 2.17. The zero-order valence-electron chi connectivity index (χ0n) is 6.54. The minimum atomic E-state index is -0.830. The Morgan fingerprint density at radius 3 is 3.00 bits per heavy atom. The number of carbonyl (C=O) groups is 1. The van der Waals surface area contributed by atoms with E-state index < -0.39 is 12.0 Å². The maximum absolute atomic E-state index is 10.5. The molecule has 1 saturated heterocycles. The van der Waals surface area contributed by atoms with Crippen molar-refractivity contribution < 1.29 is 14.6 Å². The second-order valence-electron chi connectivity index (χ2n) is 2.70. The lowest BCUT2D eigenvalue weighted by Crippen LogP contribution is -2.52. The van der Waals surface area contributed by atoms with Gasteiger partial charge in [-0.05, 0) is 6.42 Å². The van der Waals surface area contributed by atoms with Crippen LogP contribution in [0.2, 0.25) is 0 Å². The highest BCUT2D eigenvalue weighted by atomic mass is 16.5. The van der Waals surface area contributed by atoms with Gasteiger partial charge in [-0.1, -0.05) is 6.92 Å². The number of aliphatic carboxylic acids is 1. The molecule has 4 heteroatoms. The SMILES string of the molecule is CCC1COCC(C(=O)O)N1. The van der Waals surface area contributed by atoms with Gasteiger partial charge in [0.25, 0.3) is 0 Å². The number of nitrogens with one attached hydrogen (secondary N) is 1. The molecule has 0 aliphatic carbocycles. The normalized spacial score (nSPS) is 31.7. The summed E-state index contributed by atoms with van der Waals surface area (Å²) in [5.41, 5.74) is 0. The second kappa shape index (κ2) is 3.69. The van der Waals surface area contributed by atoms with Gasteiger partial charge < -0.3 is 9.84 Å². The summed E-state index contributed by atoms with van der Waals surface area (Å²) in [6.07, 6.45) is 0.907. The Morgan fingerprint density at radius 2 is 2.45 bits per heavy atom. The van der Waals surface area contributed by atoms with Gasteiger partial charge in [0.2, 0.25) is 0 Å². The van der Waals surface area contributed by atoms with Crippen LogP contribution >= 0.6 is 0 Å². The first-order valence-electron chi connectivity index (χ1n) is 3.80. The molecule has 2 N–H and O–H groups in total. The summed E-state index contributed by atoms with van der Waals surface area (Å²) in [5, 5.41) is 11.6. The molecule has 0 spiro atoms. The van der Waals surface area contributed by atoms with Crippen LogP contribution in [-0.2, 0) is 9.53 Å². The molecule has 0 aromatic heterocycles. The van der Waals surface area contributed by atoms with E-state index in [9.17, 15) is 4.79 Å². The van der Waals surface area contributed by atoms with Gasteiger partial charge in [-0.2, -0.15) is 0 Å². The summed E-state index contributed by atoms with van der Waals surface area (Å²) in [7, 11) is 0. The molecule has 1 fully saturated rings. The van der Waals surface area contributed by atoms with Gasteiger partial charge in [-0.3, -0.25) is 10.1 Å². The average Bonchev–Trinajstić information content (AvgIpc) is 2.05. The van der Waals surface area contributed by atoms with E-state index in [2.05, 4.69) is 5.32 Å². The predicted octanol–water partition coefficient (Wildman–Crippen LogP) is -0.162. The first-order valence-corrected chi connectivity index (χ1v) is 3.80. The Bertz CT molecular complexity index is 149. The maximum atomic E-state index is 10.5. The van der Waals surface area contributed by atoms with Crippen molar-refractivity contribution in [1.82, 2.24) is 5.32 Å². The summed E-state index contributed by atoms with van der Waals surface area (Å²) in [4.78, 5) is 10.5. The quantitative estimate of drug-likeness (QED) is 0.587. The van der Waals surface area contributed by atoms with Crippen molar-refractivity contribution >= 4 is 5.97 Å². The topological polar surface area (TPSA) is 58.6 Å². The molecule has 2 atom stereocenters. The van der Waals surface area contributed by atoms with E-state index in [0.29, 0.717) is 6.61 Å². The lowest BCUT2D eigenvalue weighted by Gasteiger charge is -2.27. The fourth-order valence-corrected chi connectivity index (χ4v) is 1.09. The highest BCUT2D eigenvalue weighted by molar-refractivity contribution is 5.73. The Labute approximate surface area is 65.5 Å². The molecule has 0 bridgehead atoms. The van der Waals surface area contributed by atoms with Crippen molar-refractivity contribution in [3.8, 4) is 0 Å². The molecule has 1 aliphatic rings. The van der Waals surface area contributed by atoms with Gasteiger partial charge in [0.1, 0.15) is 6.04 Å². The van der Waals surface area contributed by atoms with E-state index in [1.807, 2.05) is 6.92 Å². The van der Waals surface area contributed by atoms with Crippen LogP contribution in [0.1, 0.15) is 13.3 Å². The van der Waals surface area contributed by atoms with E-state index in [4.69, 9.17) is 9.84 Å². The summed E-state index contributed by atoms with van der Waals surface area (Å²) in [6, 6.07) is -0.321. The fourth-order valence-electron chi connectivity index (χ4n) is 1.09. The molecule has 1 heterocycles. The first kappa shape index (κ1) is 8.49. The molecule has 4 nitrogen and oxygen atoms in total. The van der Waals surface area contributed by atoms with Crippen molar-refractivity contribution in [2.75, 3.05) is 13.2 Å². The third-order valence-electron chi connectivity index (χ3n) is 1.83. The van der Waals surface area contributed by atoms with Crippen LogP contribution in [0.3, 0.4) is 0 Å². The third-order valence-corrected chi connectivity index (χ3v) is 1.83. The zero-order valence-corrected chi connectivity index (χ0v) is 6.54. The van der Waals surface area contributed by atoms with Crippen molar-refractivity contribution in [3.63, 3.8) is 0 Å². The predicted molar refractivity (Wildman–Crippen MR) is 39.5 cm³/mol. The second-order valence-corrected chi connectivity index (χ2v) is 2.70. The maximum Gasteiger partial charge on any atom is 0.323 e. The number of hydrogen-bond acceptors (Lipinski definition) is 3. The molecule has 2 unspecified atom stereocenters. The van der Waals surface area contributed by atoms with Gasteiger partial charge in [0, 0.05) is 6.04 Å². The number of ether oxygens (including phenoxy) is 1. The van der Waals surface area contributed by atoms with Gasteiger partial charge in [0.05, 0.1) is 13.2 Å². The minimum Gasteiger partial charge on any atom is -0.480 e. The van der Waals surface area contributed by atoms with Crippen LogP contribution in [0.5, 0.6) is 0 Å². The molecular weight excluding hydrogens is 146 g/mol. The summed E-state index contributed by atoms with van der Waals surface area (Å²) in [6.45, 7) is 2.91. The molecule has 64 valence electrons. The summed E-state index contributed by atoms with van der Waals surface area (Å²) in [5.74, 6) is -0.830. The van der Waals surface area contributed by atoms with Gasteiger partial charge in [-0.25, -0.2) is 0 Å². The van der Waals surface area contributed by atoms with Crippen LogP contribution in [-0.4, -0.2) is 36.4 Å². The van der Waals surface area contributed by atoms with Crippen molar-refractivity contribution in [1.29, 1.82) is 0 Å². The Balaban J connectivity index is 2.39. The molecule has 0 radical (unpaired) electrons. The fraction of sp³-hybridized carbons (Fsp3) is 0.857. The molecule has 0 aromatic rings. The van der Waals surface area contributed by atoms with Gasteiger partial charge in [-0.15, -0.1) is 0 Å². The Hall–Kier alpha value is -0.610. The molecule has 1 aliphatic heterocycles. The van der Waals surface area contributed by atoms with Gasteiger partial charge in [0.15, 0.2) is 0 Å². The molecule has 0 saturated carbocycles. The average molecular weight is 159 g/mol. The van der Waals surface area contributed by atoms with Crippen LogP contribution in [0.25, 0.3) is 0 Å². The molecule has 1 rings (SSSR count). The van der Waals surface area contributed by atoms with Crippen LogP contribution < -0.4 is 5.32 Å². The number of carboxylic acids is 1. The van der Waals surface area contributed by atoms with Crippen LogP contribution in [0.4, 0.5) is 0 Å². The zero-order chi connectivity index (χ0) is 8.27. The van der Waals surface area contributed by atoms with Crippen LogP contribution in [0, 0.1) is 0 Å². The van der Waals surface area contributed by atoms with E-state index in [-0.39, 0.29) is 12.6 Å². The van der Waals surface area contributed by atoms with Crippen molar-refractivity contribution in [2.45, 2.75) is 25.4 Å². The number of morpholine rings is 1. The van der Waals surface area contributed by atoms with Gasteiger partial charge >= 0.3 is 5.97 Å². The smallest absolute Gasteiger partial charge is 0.323 e. The minimum absolute atomic E-state index is 0.199. The number of hydrogen-bond donors (Lipinski definition) is 2. The molecule has 0 amide bonds. The highest BCUT2D eigenvalue weighted by Gasteiger charge is 2.25. The molecule has 11 heavy (non-hydrogen) atoms. The van der Waals surface area contributed by atoms with E-state index in [1.165, 1.54) is 0 Å². The van der Waals surface area contributed by atoms with Crippen molar-refractivity contribution in [3.05, 3.63) is 0 Å². The lowest BCUT2D eigenvalue weighted by molar-refractivity contribution is -0.143. The highest BCUT2D eigenvalue weighted by Crippen LogP contribution is 2.02.